The van der Waals surface area contributed by atoms with E-state index in [9.17, 15) is 0 Å². The van der Waals surface area contributed by atoms with Gasteiger partial charge in [-0.3, -0.25) is 0 Å². The smallest absolute Gasteiger partial charge is 0.0598 e. The molecule has 0 saturated carbocycles. The maximum atomic E-state index is 3.31. The molecule has 0 aliphatic rings. The van der Waals surface area contributed by atoms with E-state index < -0.39 is 0 Å². The normalized spacial score (nSPS) is 10.2. The summed E-state index contributed by atoms with van der Waals surface area (Å²) in [6.45, 7) is 8.44. The Morgan fingerprint density at radius 3 is 2.00 bits per heavy atom. The Bertz CT molecular complexity index is 539. The third kappa shape index (κ3) is 2.65. The SMILES string of the molecule is Cc1ccc(NNc2c(C)cccc2C)c(C)c1. The van der Waals surface area contributed by atoms with Crippen LogP contribution in [0.25, 0.3) is 0 Å². The number of nitrogens with one attached hydrogen (secondary N) is 2. The van der Waals surface area contributed by atoms with Gasteiger partial charge in [-0.2, -0.15) is 0 Å². The molecule has 2 aromatic rings. The molecule has 0 aliphatic carbocycles. The summed E-state index contributed by atoms with van der Waals surface area (Å²) in [5.74, 6) is 0. The number of hydrogen-bond donors (Lipinski definition) is 2. The van der Waals surface area contributed by atoms with Crippen LogP contribution < -0.4 is 10.9 Å². The van der Waals surface area contributed by atoms with E-state index in [1.807, 2.05) is 0 Å². The van der Waals surface area contributed by atoms with Gasteiger partial charge in [0.15, 0.2) is 0 Å². The topological polar surface area (TPSA) is 24.1 Å². The van der Waals surface area contributed by atoms with E-state index in [1.165, 1.54) is 22.3 Å². The summed E-state index contributed by atoms with van der Waals surface area (Å²) in [6.07, 6.45) is 0. The molecule has 2 heteroatoms. The Balaban J connectivity index is 2.16. The molecule has 0 heterocycles. The van der Waals surface area contributed by atoms with Gasteiger partial charge in [0.25, 0.3) is 0 Å². The first-order valence-electron chi connectivity index (χ1n) is 6.23. The Morgan fingerprint density at radius 2 is 1.39 bits per heavy atom. The lowest BCUT2D eigenvalue weighted by atomic mass is 10.1. The highest BCUT2D eigenvalue weighted by molar-refractivity contribution is 5.62. The van der Waals surface area contributed by atoms with Crippen LogP contribution in [0, 0.1) is 27.7 Å². The van der Waals surface area contributed by atoms with Gasteiger partial charge in [0.05, 0.1) is 11.4 Å². The van der Waals surface area contributed by atoms with Crippen molar-refractivity contribution in [3.05, 3.63) is 58.7 Å². The van der Waals surface area contributed by atoms with Crippen molar-refractivity contribution in [1.29, 1.82) is 0 Å². The largest absolute Gasteiger partial charge is 0.301 e. The summed E-state index contributed by atoms with van der Waals surface area (Å²) in [6, 6.07) is 12.7. The van der Waals surface area contributed by atoms with Gasteiger partial charge in [0, 0.05) is 0 Å². The molecule has 0 bridgehead atoms. The van der Waals surface area contributed by atoms with Crippen molar-refractivity contribution in [2.75, 3.05) is 10.9 Å². The first-order valence-corrected chi connectivity index (χ1v) is 6.23. The van der Waals surface area contributed by atoms with Crippen molar-refractivity contribution in [1.82, 2.24) is 0 Å². The molecule has 94 valence electrons. The van der Waals surface area contributed by atoms with E-state index in [0.29, 0.717) is 0 Å². The fourth-order valence-electron chi connectivity index (χ4n) is 2.10. The Morgan fingerprint density at radius 1 is 0.722 bits per heavy atom. The predicted octanol–water partition coefficient (Wildman–Crippen LogP) is 4.36. The Kier molecular flexibility index (Phi) is 3.56. The second-order valence-electron chi connectivity index (χ2n) is 4.84. The minimum absolute atomic E-state index is 1.11. The van der Waals surface area contributed by atoms with Gasteiger partial charge in [0.1, 0.15) is 0 Å². The van der Waals surface area contributed by atoms with Crippen molar-refractivity contribution in [3.63, 3.8) is 0 Å². The van der Waals surface area contributed by atoms with Crippen LogP contribution in [-0.4, -0.2) is 0 Å². The van der Waals surface area contributed by atoms with E-state index in [-0.39, 0.29) is 0 Å². The van der Waals surface area contributed by atoms with Gasteiger partial charge in [-0.05, 0) is 50.5 Å². The summed E-state index contributed by atoms with van der Waals surface area (Å²) >= 11 is 0. The molecular formula is C16H20N2. The van der Waals surface area contributed by atoms with E-state index in [4.69, 9.17) is 0 Å². The molecule has 2 rings (SSSR count). The van der Waals surface area contributed by atoms with Gasteiger partial charge in [-0.15, -0.1) is 0 Å². The molecule has 0 saturated heterocycles. The molecule has 2 N–H and O–H groups in total. The number of para-hydroxylation sites is 1. The lowest BCUT2D eigenvalue weighted by molar-refractivity contribution is 1.28. The molecule has 0 spiro atoms. The van der Waals surface area contributed by atoms with Crippen LogP contribution in [0.3, 0.4) is 0 Å². The van der Waals surface area contributed by atoms with E-state index in [0.717, 1.165) is 11.4 Å². The molecule has 2 aromatic carbocycles. The monoisotopic (exact) mass is 240 g/mol. The minimum Gasteiger partial charge on any atom is -0.301 e. The highest BCUT2D eigenvalue weighted by Crippen LogP contribution is 2.21. The molecule has 0 radical (unpaired) electrons. The zero-order chi connectivity index (χ0) is 13.1. The van der Waals surface area contributed by atoms with Gasteiger partial charge < -0.3 is 10.9 Å². The Hall–Kier alpha value is -1.96. The van der Waals surface area contributed by atoms with Crippen LogP contribution in [-0.2, 0) is 0 Å². The lowest BCUT2D eigenvalue weighted by Crippen LogP contribution is -2.11. The molecule has 2 nitrogen and oxygen atoms in total. The van der Waals surface area contributed by atoms with Crippen molar-refractivity contribution in [2.24, 2.45) is 0 Å². The number of anilines is 2. The predicted molar refractivity (Wildman–Crippen MR) is 79.1 cm³/mol. The Labute approximate surface area is 109 Å². The molecule has 0 atom stereocenters. The van der Waals surface area contributed by atoms with Crippen LogP contribution >= 0.6 is 0 Å². The number of benzene rings is 2. The molecule has 0 aliphatic heterocycles. The van der Waals surface area contributed by atoms with Gasteiger partial charge in [-0.25, -0.2) is 0 Å². The zero-order valence-electron chi connectivity index (χ0n) is 11.5. The third-order valence-corrected chi connectivity index (χ3v) is 3.19. The summed E-state index contributed by atoms with van der Waals surface area (Å²) in [7, 11) is 0. The zero-order valence-corrected chi connectivity index (χ0v) is 11.5. The first kappa shape index (κ1) is 12.5. The maximum absolute atomic E-state index is 3.31. The molecule has 0 unspecified atom stereocenters. The lowest BCUT2D eigenvalue weighted by Gasteiger charge is -2.16. The standard InChI is InChI=1S/C16H20N2/c1-11-8-9-15(14(4)10-11)17-18-16-12(2)6-5-7-13(16)3/h5-10,17-18H,1-4H3. The molecule has 0 fully saturated rings. The van der Waals surface area contributed by atoms with E-state index in [1.54, 1.807) is 0 Å². The first-order chi connectivity index (χ1) is 8.58. The minimum atomic E-state index is 1.11. The van der Waals surface area contributed by atoms with Crippen LogP contribution in [0.15, 0.2) is 36.4 Å². The highest BCUT2D eigenvalue weighted by Gasteiger charge is 2.02. The van der Waals surface area contributed by atoms with E-state index >= 15 is 0 Å². The van der Waals surface area contributed by atoms with Crippen LogP contribution in [0.5, 0.6) is 0 Å². The average Bonchev–Trinajstić information content (AvgIpc) is 2.31. The van der Waals surface area contributed by atoms with Crippen molar-refractivity contribution in [2.45, 2.75) is 27.7 Å². The quantitative estimate of drug-likeness (QED) is 0.779. The second-order valence-corrected chi connectivity index (χ2v) is 4.84. The van der Waals surface area contributed by atoms with Crippen LogP contribution in [0.4, 0.5) is 11.4 Å². The van der Waals surface area contributed by atoms with E-state index in [2.05, 4.69) is 74.9 Å². The maximum Gasteiger partial charge on any atom is 0.0598 e. The molecule has 0 aromatic heterocycles. The summed E-state index contributed by atoms with van der Waals surface area (Å²) in [4.78, 5) is 0. The fraction of sp³-hybridized carbons (Fsp3) is 0.250. The van der Waals surface area contributed by atoms with Crippen molar-refractivity contribution >= 4 is 11.4 Å². The van der Waals surface area contributed by atoms with Crippen LogP contribution in [0.2, 0.25) is 0 Å². The van der Waals surface area contributed by atoms with Crippen LogP contribution in [0.1, 0.15) is 22.3 Å². The summed E-state index contributed by atoms with van der Waals surface area (Å²) in [5.41, 5.74) is 13.9. The number of aryl methyl sites for hydroxylation is 4. The number of hydrazine groups is 1. The highest BCUT2D eigenvalue weighted by atomic mass is 15.4. The summed E-state index contributed by atoms with van der Waals surface area (Å²) in [5, 5.41) is 0. The van der Waals surface area contributed by atoms with Gasteiger partial charge in [0.2, 0.25) is 0 Å². The summed E-state index contributed by atoms with van der Waals surface area (Å²) < 4.78 is 0. The number of hydrogen-bond acceptors (Lipinski definition) is 2. The van der Waals surface area contributed by atoms with Crippen molar-refractivity contribution in [3.8, 4) is 0 Å². The molecule has 18 heavy (non-hydrogen) atoms. The fourth-order valence-corrected chi connectivity index (χ4v) is 2.10. The second kappa shape index (κ2) is 5.13. The van der Waals surface area contributed by atoms with Crippen molar-refractivity contribution < 1.29 is 0 Å². The number of rotatable bonds is 3. The van der Waals surface area contributed by atoms with Gasteiger partial charge in [-0.1, -0.05) is 35.9 Å². The molecular weight excluding hydrogens is 220 g/mol. The average molecular weight is 240 g/mol. The molecule has 0 amide bonds. The third-order valence-electron chi connectivity index (χ3n) is 3.19. The van der Waals surface area contributed by atoms with Gasteiger partial charge >= 0.3 is 0 Å².